The van der Waals surface area contributed by atoms with Crippen LogP contribution in [0.5, 0.6) is 0 Å². The van der Waals surface area contributed by atoms with Crippen LogP contribution in [0.3, 0.4) is 0 Å². The summed E-state index contributed by atoms with van der Waals surface area (Å²) in [6.45, 7) is 0. The number of rotatable bonds is 6. The molecule has 3 aromatic rings. The third-order valence-electron chi connectivity index (χ3n) is 4.22. The number of halogens is 2. The van der Waals surface area contributed by atoms with E-state index in [9.17, 15) is 18.4 Å². The van der Waals surface area contributed by atoms with Gasteiger partial charge in [0, 0.05) is 30.0 Å². The molecule has 0 saturated heterocycles. The summed E-state index contributed by atoms with van der Waals surface area (Å²) in [5, 5.41) is 5.32. The van der Waals surface area contributed by atoms with Gasteiger partial charge in [0.25, 0.3) is 5.56 Å². The van der Waals surface area contributed by atoms with Gasteiger partial charge < -0.3 is 10.8 Å². The third-order valence-corrected chi connectivity index (χ3v) is 4.22. The molecular weight excluding hydrogens is 340 g/mol. The Morgan fingerprint density at radius 2 is 1.77 bits per heavy atom. The van der Waals surface area contributed by atoms with Crippen LogP contribution in [0, 0.1) is 11.6 Å². The summed E-state index contributed by atoms with van der Waals surface area (Å²) in [4.78, 5) is 23.9. The molecule has 0 aliphatic heterocycles. The topological polar surface area (TPSA) is 91.7 Å². The molecule has 134 valence electrons. The van der Waals surface area contributed by atoms with Gasteiger partial charge in [-0.25, -0.2) is 8.78 Å². The van der Waals surface area contributed by atoms with Crippen molar-refractivity contribution in [2.75, 3.05) is 0 Å². The molecule has 5 nitrogen and oxygen atoms in total. The Hall–Kier alpha value is -3.22. The van der Waals surface area contributed by atoms with Crippen molar-refractivity contribution < 1.29 is 13.6 Å². The van der Waals surface area contributed by atoms with Crippen molar-refractivity contribution >= 4 is 5.91 Å². The normalized spacial score (nSPS) is 12.1. The number of aromatic amines is 2. The number of carbonyl (C=O) groups excluding carboxylic acids is 1. The van der Waals surface area contributed by atoms with Crippen LogP contribution in [-0.4, -0.2) is 16.1 Å². The molecule has 3 rings (SSSR count). The first kappa shape index (κ1) is 17.6. The number of benzene rings is 2. The van der Waals surface area contributed by atoms with Gasteiger partial charge in [0.15, 0.2) is 11.6 Å². The van der Waals surface area contributed by atoms with Crippen molar-refractivity contribution in [3.05, 3.63) is 92.9 Å². The molecule has 1 aromatic heterocycles. The van der Waals surface area contributed by atoms with Gasteiger partial charge in [-0.2, -0.15) is 0 Å². The smallest absolute Gasteiger partial charge is 0.267 e. The lowest BCUT2D eigenvalue weighted by Crippen LogP contribution is -2.21. The maximum atomic E-state index is 13.7. The van der Waals surface area contributed by atoms with Crippen molar-refractivity contribution in [1.29, 1.82) is 0 Å². The molecular formula is C19H17F2N3O2. The van der Waals surface area contributed by atoms with Crippen LogP contribution < -0.4 is 11.3 Å². The summed E-state index contributed by atoms with van der Waals surface area (Å²) >= 11 is 0. The maximum Gasteiger partial charge on any atom is 0.267 e. The van der Waals surface area contributed by atoms with Gasteiger partial charge in [0.1, 0.15) is 0 Å². The summed E-state index contributed by atoms with van der Waals surface area (Å²) < 4.78 is 27.0. The number of amides is 1. The number of nitrogens with two attached hydrogens (primary N) is 1. The van der Waals surface area contributed by atoms with Gasteiger partial charge in [-0.1, -0.05) is 36.4 Å². The van der Waals surface area contributed by atoms with E-state index in [-0.39, 0.29) is 6.42 Å². The molecule has 0 unspecified atom stereocenters. The fourth-order valence-electron chi connectivity index (χ4n) is 3.03. The highest BCUT2D eigenvalue weighted by Gasteiger charge is 2.25. The molecule has 2 aromatic carbocycles. The zero-order valence-corrected chi connectivity index (χ0v) is 13.8. The zero-order chi connectivity index (χ0) is 18.7. The van der Waals surface area contributed by atoms with Gasteiger partial charge in [-0.05, 0) is 23.3 Å². The summed E-state index contributed by atoms with van der Waals surface area (Å²) in [6.07, 6.45) is 0.210. The first-order valence-electron chi connectivity index (χ1n) is 8.02. The molecule has 0 fully saturated rings. The maximum absolute atomic E-state index is 13.7. The lowest BCUT2D eigenvalue weighted by atomic mass is 9.87. The van der Waals surface area contributed by atoms with Crippen LogP contribution >= 0.6 is 0 Å². The van der Waals surface area contributed by atoms with Gasteiger partial charge >= 0.3 is 0 Å². The van der Waals surface area contributed by atoms with E-state index in [0.29, 0.717) is 23.2 Å². The van der Waals surface area contributed by atoms with Crippen LogP contribution in [-0.2, 0) is 11.2 Å². The molecule has 1 atom stereocenters. The Bertz CT molecular complexity index is 980. The zero-order valence-electron chi connectivity index (χ0n) is 13.8. The molecule has 0 aliphatic rings. The highest BCUT2D eigenvalue weighted by Crippen LogP contribution is 2.29. The molecule has 1 amide bonds. The third kappa shape index (κ3) is 3.72. The second-order valence-corrected chi connectivity index (χ2v) is 6.03. The summed E-state index contributed by atoms with van der Waals surface area (Å²) in [6, 6.07) is 12.7. The van der Waals surface area contributed by atoms with E-state index in [2.05, 4.69) is 10.2 Å². The van der Waals surface area contributed by atoms with Crippen molar-refractivity contribution in [1.82, 2.24) is 10.2 Å². The van der Waals surface area contributed by atoms with Crippen LogP contribution in [0.4, 0.5) is 8.78 Å². The van der Waals surface area contributed by atoms with E-state index in [1.165, 1.54) is 6.07 Å². The average molecular weight is 357 g/mol. The molecule has 7 heteroatoms. The Labute approximate surface area is 147 Å². The van der Waals surface area contributed by atoms with Gasteiger partial charge in [-0.3, -0.25) is 14.7 Å². The Morgan fingerprint density at radius 1 is 1.04 bits per heavy atom. The summed E-state index contributed by atoms with van der Waals surface area (Å²) in [5.41, 5.74) is 7.02. The first-order valence-corrected chi connectivity index (χ1v) is 8.02. The monoisotopic (exact) mass is 357 g/mol. The van der Waals surface area contributed by atoms with Crippen molar-refractivity contribution in [3.8, 4) is 0 Å². The first-order chi connectivity index (χ1) is 12.5. The second kappa shape index (κ2) is 7.35. The number of H-pyrrole nitrogens is 2. The molecule has 0 radical (unpaired) electrons. The van der Waals surface area contributed by atoms with Crippen LogP contribution in [0.25, 0.3) is 0 Å². The molecule has 0 saturated carbocycles. The Kier molecular flexibility index (Phi) is 4.97. The minimum atomic E-state index is -1.05. The van der Waals surface area contributed by atoms with E-state index in [1.54, 1.807) is 0 Å². The van der Waals surface area contributed by atoms with Gasteiger partial charge in [0.2, 0.25) is 5.91 Å². The molecule has 0 aliphatic carbocycles. The SMILES string of the molecule is NC(=O)C[C@H](c1ccc(F)c(F)c1)c1c(Cc2ccccc2)[nH][nH]c1=O. The summed E-state index contributed by atoms with van der Waals surface area (Å²) in [5.74, 6) is -3.48. The van der Waals surface area contributed by atoms with Gasteiger partial charge in [0.05, 0.1) is 0 Å². The van der Waals surface area contributed by atoms with E-state index in [0.717, 1.165) is 17.7 Å². The minimum Gasteiger partial charge on any atom is -0.370 e. The van der Waals surface area contributed by atoms with E-state index < -0.39 is 29.0 Å². The minimum absolute atomic E-state index is 0.201. The number of carbonyl (C=O) groups is 1. The van der Waals surface area contributed by atoms with Crippen molar-refractivity contribution in [2.24, 2.45) is 5.73 Å². The molecule has 0 spiro atoms. The predicted octanol–water partition coefficient (Wildman–Crippen LogP) is 2.58. The highest BCUT2D eigenvalue weighted by atomic mass is 19.2. The Morgan fingerprint density at radius 3 is 2.42 bits per heavy atom. The van der Waals surface area contributed by atoms with Crippen molar-refractivity contribution in [2.45, 2.75) is 18.8 Å². The lowest BCUT2D eigenvalue weighted by molar-refractivity contribution is -0.118. The van der Waals surface area contributed by atoms with Crippen LogP contribution in [0.1, 0.15) is 34.7 Å². The van der Waals surface area contributed by atoms with E-state index >= 15 is 0 Å². The number of hydrogen-bond donors (Lipinski definition) is 3. The van der Waals surface area contributed by atoms with Crippen molar-refractivity contribution in [3.63, 3.8) is 0 Å². The average Bonchev–Trinajstić information content (AvgIpc) is 2.96. The number of aromatic nitrogens is 2. The van der Waals surface area contributed by atoms with Crippen LogP contribution in [0.15, 0.2) is 53.3 Å². The predicted molar refractivity (Wildman–Crippen MR) is 92.7 cm³/mol. The fourth-order valence-corrected chi connectivity index (χ4v) is 3.03. The van der Waals surface area contributed by atoms with Gasteiger partial charge in [-0.15, -0.1) is 0 Å². The van der Waals surface area contributed by atoms with Crippen LogP contribution in [0.2, 0.25) is 0 Å². The standard InChI is InChI=1S/C19H17F2N3O2/c20-14-7-6-12(9-15(14)21)13(10-17(22)25)18-16(23-24-19(18)26)8-11-4-2-1-3-5-11/h1-7,9,13H,8,10H2,(H2,22,25)(H2,23,24,26)/t13-/m1/s1. The molecule has 26 heavy (non-hydrogen) atoms. The van der Waals surface area contributed by atoms with E-state index in [4.69, 9.17) is 5.73 Å². The fraction of sp³-hybridized carbons (Fsp3) is 0.158. The molecule has 4 N–H and O–H groups in total. The Balaban J connectivity index is 2.07. The highest BCUT2D eigenvalue weighted by molar-refractivity contribution is 5.75. The number of nitrogens with one attached hydrogen (secondary N) is 2. The summed E-state index contributed by atoms with van der Waals surface area (Å²) in [7, 11) is 0. The molecule has 1 heterocycles. The molecule has 0 bridgehead atoms. The largest absolute Gasteiger partial charge is 0.370 e. The number of hydrogen-bond acceptors (Lipinski definition) is 2. The lowest BCUT2D eigenvalue weighted by Gasteiger charge is -2.16. The second-order valence-electron chi connectivity index (χ2n) is 6.03. The number of primary amides is 1. The quantitative estimate of drug-likeness (QED) is 0.633. The van der Waals surface area contributed by atoms with E-state index in [1.807, 2.05) is 30.3 Å².